The number of aryl methyl sites for hydroxylation is 2. The van der Waals surface area contributed by atoms with Crippen LogP contribution < -0.4 is 20.1 Å². The quantitative estimate of drug-likeness (QED) is 0.752. The van der Waals surface area contributed by atoms with Crippen LogP contribution in [0.4, 0.5) is 10.5 Å². The summed E-state index contributed by atoms with van der Waals surface area (Å²) >= 11 is 0. The third-order valence-corrected chi connectivity index (χ3v) is 4.01. The second-order valence-corrected chi connectivity index (χ2v) is 5.76. The van der Waals surface area contributed by atoms with Crippen molar-refractivity contribution in [2.75, 3.05) is 26.1 Å². The standard InChI is InChI=1S/C19H24N2O4/c1-12-5-7-15(9-13(12)2)21-19(23)20-11-16(22)14-6-8-17(24-3)18(10-14)25-4/h5-10,16,22H,11H2,1-4H3,(H2,20,21,23). The van der Waals surface area contributed by atoms with Gasteiger partial charge in [0.15, 0.2) is 11.5 Å². The zero-order chi connectivity index (χ0) is 18.4. The molecule has 0 fully saturated rings. The number of hydrogen-bond acceptors (Lipinski definition) is 4. The smallest absolute Gasteiger partial charge is 0.319 e. The first-order valence-electron chi connectivity index (χ1n) is 7.96. The highest BCUT2D eigenvalue weighted by molar-refractivity contribution is 5.89. The van der Waals surface area contributed by atoms with Gasteiger partial charge in [-0.1, -0.05) is 12.1 Å². The van der Waals surface area contributed by atoms with E-state index < -0.39 is 6.10 Å². The molecule has 0 saturated carbocycles. The van der Waals surface area contributed by atoms with Crippen LogP contribution >= 0.6 is 0 Å². The molecule has 0 radical (unpaired) electrons. The van der Waals surface area contributed by atoms with Crippen molar-refractivity contribution >= 4 is 11.7 Å². The molecule has 25 heavy (non-hydrogen) atoms. The molecule has 6 nitrogen and oxygen atoms in total. The summed E-state index contributed by atoms with van der Waals surface area (Å²) in [5.74, 6) is 1.11. The van der Waals surface area contributed by atoms with Crippen LogP contribution in [-0.4, -0.2) is 31.9 Å². The number of carbonyl (C=O) groups is 1. The summed E-state index contributed by atoms with van der Waals surface area (Å²) in [6, 6.07) is 10.5. The number of anilines is 1. The Morgan fingerprint density at radius 3 is 2.40 bits per heavy atom. The Hall–Kier alpha value is -2.73. The zero-order valence-electron chi connectivity index (χ0n) is 14.9. The van der Waals surface area contributed by atoms with E-state index in [2.05, 4.69) is 10.6 Å². The van der Waals surface area contributed by atoms with Gasteiger partial charge in [0.2, 0.25) is 0 Å². The monoisotopic (exact) mass is 344 g/mol. The molecule has 0 heterocycles. The van der Waals surface area contributed by atoms with Crippen LogP contribution in [0.25, 0.3) is 0 Å². The van der Waals surface area contributed by atoms with Crippen molar-refractivity contribution in [3.63, 3.8) is 0 Å². The van der Waals surface area contributed by atoms with E-state index in [1.807, 2.05) is 32.0 Å². The van der Waals surface area contributed by atoms with Gasteiger partial charge in [0.05, 0.1) is 20.3 Å². The molecule has 0 saturated heterocycles. The largest absolute Gasteiger partial charge is 0.493 e. The zero-order valence-corrected chi connectivity index (χ0v) is 14.9. The van der Waals surface area contributed by atoms with Crippen LogP contribution in [0.15, 0.2) is 36.4 Å². The SMILES string of the molecule is COc1ccc(C(O)CNC(=O)Nc2ccc(C)c(C)c2)cc1OC. The van der Waals surface area contributed by atoms with Crippen LogP contribution in [0.5, 0.6) is 11.5 Å². The summed E-state index contributed by atoms with van der Waals surface area (Å²) < 4.78 is 10.4. The van der Waals surface area contributed by atoms with Crippen molar-refractivity contribution in [1.82, 2.24) is 5.32 Å². The van der Waals surface area contributed by atoms with Crippen molar-refractivity contribution in [3.8, 4) is 11.5 Å². The molecular weight excluding hydrogens is 320 g/mol. The molecule has 2 aromatic rings. The van der Waals surface area contributed by atoms with E-state index in [0.29, 0.717) is 22.7 Å². The first-order valence-corrected chi connectivity index (χ1v) is 7.96. The van der Waals surface area contributed by atoms with Gasteiger partial charge < -0.3 is 25.2 Å². The maximum Gasteiger partial charge on any atom is 0.319 e. The van der Waals surface area contributed by atoms with Crippen LogP contribution in [0.1, 0.15) is 22.8 Å². The summed E-state index contributed by atoms with van der Waals surface area (Å²) in [5.41, 5.74) is 3.60. The van der Waals surface area contributed by atoms with Gasteiger partial charge in [0, 0.05) is 12.2 Å². The van der Waals surface area contributed by atoms with Gasteiger partial charge in [-0.2, -0.15) is 0 Å². The molecule has 134 valence electrons. The second-order valence-electron chi connectivity index (χ2n) is 5.76. The molecule has 2 rings (SSSR count). The van der Waals surface area contributed by atoms with Gasteiger partial charge in [-0.05, 0) is 54.8 Å². The third kappa shape index (κ3) is 4.87. The lowest BCUT2D eigenvalue weighted by atomic mass is 10.1. The van der Waals surface area contributed by atoms with Crippen molar-refractivity contribution in [1.29, 1.82) is 0 Å². The first-order chi connectivity index (χ1) is 11.9. The summed E-state index contributed by atoms with van der Waals surface area (Å²) in [6.45, 7) is 4.07. The van der Waals surface area contributed by atoms with Crippen molar-refractivity contribution in [3.05, 3.63) is 53.1 Å². The first kappa shape index (κ1) is 18.6. The summed E-state index contributed by atoms with van der Waals surface area (Å²) in [4.78, 5) is 12.0. The average molecular weight is 344 g/mol. The fourth-order valence-electron chi connectivity index (χ4n) is 2.36. The van der Waals surface area contributed by atoms with Gasteiger partial charge in [0.1, 0.15) is 0 Å². The molecule has 0 aliphatic heterocycles. The normalized spacial score (nSPS) is 11.6. The number of ether oxygens (including phenoxy) is 2. The number of urea groups is 1. The Kier molecular flexibility index (Phi) is 6.25. The van der Waals surface area contributed by atoms with E-state index in [0.717, 1.165) is 11.1 Å². The molecular formula is C19H24N2O4. The van der Waals surface area contributed by atoms with Gasteiger partial charge in [-0.25, -0.2) is 4.79 Å². The molecule has 0 aromatic heterocycles. The van der Waals surface area contributed by atoms with Crippen LogP contribution in [-0.2, 0) is 0 Å². The van der Waals surface area contributed by atoms with E-state index in [1.165, 1.54) is 7.11 Å². The predicted octanol–water partition coefficient (Wildman–Crippen LogP) is 3.18. The van der Waals surface area contributed by atoms with Crippen molar-refractivity contribution in [2.45, 2.75) is 20.0 Å². The summed E-state index contributed by atoms with van der Waals surface area (Å²) in [7, 11) is 3.08. The van der Waals surface area contributed by atoms with E-state index in [-0.39, 0.29) is 12.6 Å². The number of hydrogen-bond donors (Lipinski definition) is 3. The third-order valence-electron chi connectivity index (χ3n) is 4.01. The van der Waals surface area contributed by atoms with Gasteiger partial charge in [-0.15, -0.1) is 0 Å². The van der Waals surface area contributed by atoms with Crippen LogP contribution in [0.3, 0.4) is 0 Å². The topological polar surface area (TPSA) is 79.8 Å². The minimum atomic E-state index is -0.856. The molecule has 1 unspecified atom stereocenters. The molecule has 0 spiro atoms. The van der Waals surface area contributed by atoms with Gasteiger partial charge in [0.25, 0.3) is 0 Å². The lowest BCUT2D eigenvalue weighted by Gasteiger charge is -2.15. The summed E-state index contributed by atoms with van der Waals surface area (Å²) in [6.07, 6.45) is -0.856. The average Bonchev–Trinajstić information content (AvgIpc) is 2.62. The minimum absolute atomic E-state index is 0.0756. The van der Waals surface area contributed by atoms with Crippen molar-refractivity contribution in [2.24, 2.45) is 0 Å². The summed E-state index contributed by atoms with van der Waals surface area (Å²) in [5, 5.41) is 15.7. The number of nitrogens with one attached hydrogen (secondary N) is 2. The molecule has 1 atom stereocenters. The number of methoxy groups -OCH3 is 2. The Balaban J connectivity index is 1.93. The molecule has 6 heteroatoms. The Labute approximate surface area is 147 Å². The lowest BCUT2D eigenvalue weighted by Crippen LogP contribution is -2.32. The number of rotatable bonds is 6. The highest BCUT2D eigenvalue weighted by Gasteiger charge is 2.13. The number of amides is 2. The maximum atomic E-state index is 12.0. The molecule has 2 aromatic carbocycles. The molecule has 3 N–H and O–H groups in total. The van der Waals surface area contributed by atoms with E-state index >= 15 is 0 Å². The minimum Gasteiger partial charge on any atom is -0.493 e. The fourth-order valence-corrected chi connectivity index (χ4v) is 2.36. The maximum absolute atomic E-state index is 12.0. The second kappa shape index (κ2) is 8.39. The van der Waals surface area contributed by atoms with Gasteiger partial charge >= 0.3 is 6.03 Å². The Morgan fingerprint density at radius 2 is 1.76 bits per heavy atom. The molecule has 0 aliphatic carbocycles. The number of carbonyl (C=O) groups excluding carboxylic acids is 1. The molecule has 0 bridgehead atoms. The number of aliphatic hydroxyl groups is 1. The van der Waals surface area contributed by atoms with Crippen LogP contribution in [0, 0.1) is 13.8 Å². The van der Waals surface area contributed by atoms with E-state index in [4.69, 9.17) is 9.47 Å². The van der Waals surface area contributed by atoms with Crippen molar-refractivity contribution < 1.29 is 19.4 Å². The van der Waals surface area contributed by atoms with Gasteiger partial charge in [-0.3, -0.25) is 0 Å². The fraction of sp³-hybridized carbons (Fsp3) is 0.316. The van der Waals surface area contributed by atoms with Crippen LogP contribution in [0.2, 0.25) is 0 Å². The Bertz CT molecular complexity index is 746. The predicted molar refractivity (Wildman–Crippen MR) is 97.4 cm³/mol. The lowest BCUT2D eigenvalue weighted by molar-refractivity contribution is 0.174. The molecule has 0 aliphatic rings. The number of benzene rings is 2. The Morgan fingerprint density at radius 1 is 1.04 bits per heavy atom. The van der Waals surface area contributed by atoms with E-state index in [1.54, 1.807) is 25.3 Å². The molecule has 2 amide bonds. The number of aliphatic hydroxyl groups excluding tert-OH is 1. The highest BCUT2D eigenvalue weighted by atomic mass is 16.5. The van der Waals surface area contributed by atoms with E-state index in [9.17, 15) is 9.90 Å². The highest BCUT2D eigenvalue weighted by Crippen LogP contribution is 2.29.